The molecule has 1 heterocycles. The number of carbonyl (C=O) groups is 1. The number of hydrogen-bond donors (Lipinski definition) is 1. The Labute approximate surface area is 155 Å². The summed E-state index contributed by atoms with van der Waals surface area (Å²) in [5.74, 6) is 0.872. The van der Waals surface area contributed by atoms with Crippen LogP contribution in [0.5, 0.6) is 5.75 Å². The molecule has 0 amide bonds. The van der Waals surface area contributed by atoms with E-state index in [0.29, 0.717) is 17.2 Å². The van der Waals surface area contributed by atoms with Crippen LogP contribution in [-0.4, -0.2) is 16.2 Å². The molecule has 1 N–H and O–H groups in total. The van der Waals surface area contributed by atoms with Gasteiger partial charge in [-0.3, -0.25) is 0 Å². The highest BCUT2D eigenvalue weighted by Gasteiger charge is 2.07. The van der Waals surface area contributed by atoms with E-state index in [0.717, 1.165) is 22.2 Å². The predicted molar refractivity (Wildman–Crippen MR) is 103 cm³/mol. The average molecular weight is 357 g/mol. The minimum absolute atomic E-state index is 0.296. The molecular weight excluding hydrogens is 342 g/mol. The molecule has 5 nitrogen and oxygen atoms in total. The molecule has 0 saturated carbocycles. The van der Waals surface area contributed by atoms with E-state index >= 15 is 0 Å². The maximum absolute atomic E-state index is 10.8. The molecule has 0 spiro atoms. The van der Waals surface area contributed by atoms with Crippen LogP contribution in [0.4, 0.5) is 4.79 Å². The molecule has 0 bridgehead atoms. The quantitative estimate of drug-likeness (QED) is 0.287. The van der Waals surface area contributed by atoms with Crippen LogP contribution in [0.25, 0.3) is 34.7 Å². The fraction of sp³-hybridized carbons (Fsp3) is 0. The smallest absolute Gasteiger partial charge is 0.449 e. The summed E-state index contributed by atoms with van der Waals surface area (Å²) in [6.45, 7) is 0. The standard InChI is InChI=1S/C22H15NO4/c24-22(25)27-19-7-3-1-5-16(19)12-9-15-10-13-17(14-11-15)21-23-18-6-2-4-8-20(18)26-21/h1-14H,(H,24,25). The van der Waals surface area contributed by atoms with Gasteiger partial charge in [0.05, 0.1) is 0 Å². The topological polar surface area (TPSA) is 72.6 Å². The maximum atomic E-state index is 10.8. The zero-order valence-corrected chi connectivity index (χ0v) is 14.2. The first-order valence-electron chi connectivity index (χ1n) is 8.33. The van der Waals surface area contributed by atoms with Crippen LogP contribution in [0.3, 0.4) is 0 Å². The van der Waals surface area contributed by atoms with Gasteiger partial charge in [-0.05, 0) is 35.9 Å². The number of para-hydroxylation sites is 3. The summed E-state index contributed by atoms with van der Waals surface area (Å²) < 4.78 is 10.6. The Balaban J connectivity index is 1.56. The van der Waals surface area contributed by atoms with Crippen molar-refractivity contribution in [1.29, 1.82) is 0 Å². The molecule has 1 aromatic heterocycles. The number of ether oxygens (including phenoxy) is 1. The highest BCUT2D eigenvalue weighted by atomic mass is 16.7. The molecule has 27 heavy (non-hydrogen) atoms. The van der Waals surface area contributed by atoms with Crippen molar-refractivity contribution in [3.8, 4) is 17.2 Å². The van der Waals surface area contributed by atoms with Crippen LogP contribution in [-0.2, 0) is 0 Å². The summed E-state index contributed by atoms with van der Waals surface area (Å²) in [5, 5.41) is 8.81. The van der Waals surface area contributed by atoms with Gasteiger partial charge < -0.3 is 14.3 Å². The maximum Gasteiger partial charge on any atom is 0.511 e. The fourth-order valence-corrected chi connectivity index (χ4v) is 2.72. The molecule has 0 radical (unpaired) electrons. The highest BCUT2D eigenvalue weighted by molar-refractivity contribution is 5.77. The van der Waals surface area contributed by atoms with Crippen LogP contribution in [0.15, 0.2) is 77.2 Å². The third-order valence-corrected chi connectivity index (χ3v) is 4.02. The number of rotatable bonds is 4. The summed E-state index contributed by atoms with van der Waals surface area (Å²) >= 11 is 0. The monoisotopic (exact) mass is 357 g/mol. The zero-order valence-electron chi connectivity index (χ0n) is 14.2. The first-order chi connectivity index (χ1) is 13.2. The summed E-state index contributed by atoms with van der Waals surface area (Å²) in [7, 11) is 0. The van der Waals surface area contributed by atoms with Crippen molar-refractivity contribution in [2.24, 2.45) is 0 Å². The second kappa shape index (κ2) is 7.17. The van der Waals surface area contributed by atoms with E-state index in [1.54, 1.807) is 18.2 Å². The zero-order chi connectivity index (χ0) is 18.6. The molecule has 3 aromatic carbocycles. The minimum Gasteiger partial charge on any atom is -0.449 e. The van der Waals surface area contributed by atoms with E-state index in [2.05, 4.69) is 4.98 Å². The fourth-order valence-electron chi connectivity index (χ4n) is 2.72. The van der Waals surface area contributed by atoms with E-state index in [-0.39, 0.29) is 0 Å². The van der Waals surface area contributed by atoms with Gasteiger partial charge in [-0.1, -0.05) is 54.6 Å². The lowest BCUT2D eigenvalue weighted by Crippen LogP contribution is -2.03. The molecule has 5 heteroatoms. The van der Waals surface area contributed by atoms with Gasteiger partial charge >= 0.3 is 6.16 Å². The van der Waals surface area contributed by atoms with Gasteiger partial charge in [0.25, 0.3) is 0 Å². The number of benzene rings is 3. The van der Waals surface area contributed by atoms with E-state index in [9.17, 15) is 4.79 Å². The van der Waals surface area contributed by atoms with Crippen LogP contribution in [0, 0.1) is 0 Å². The number of oxazole rings is 1. The predicted octanol–water partition coefficient (Wildman–Crippen LogP) is 5.72. The SMILES string of the molecule is O=C(O)Oc1ccccc1C=Cc1ccc(-c2nc3ccccc3o2)cc1. The lowest BCUT2D eigenvalue weighted by Gasteiger charge is -2.03. The second-order valence-corrected chi connectivity index (χ2v) is 5.85. The number of nitrogens with zero attached hydrogens (tertiary/aromatic N) is 1. The molecule has 132 valence electrons. The Hall–Kier alpha value is -3.86. The van der Waals surface area contributed by atoms with E-state index < -0.39 is 6.16 Å². The Morgan fingerprint density at radius 3 is 2.44 bits per heavy atom. The first kappa shape index (κ1) is 16.6. The van der Waals surface area contributed by atoms with Gasteiger partial charge in [-0.2, -0.15) is 0 Å². The Kier molecular flexibility index (Phi) is 4.41. The van der Waals surface area contributed by atoms with E-state index in [1.165, 1.54) is 0 Å². The molecule has 0 saturated heterocycles. The van der Waals surface area contributed by atoms with Crippen molar-refractivity contribution in [3.63, 3.8) is 0 Å². The van der Waals surface area contributed by atoms with Gasteiger partial charge in [-0.25, -0.2) is 9.78 Å². The molecule has 4 rings (SSSR count). The van der Waals surface area contributed by atoms with Crippen molar-refractivity contribution in [3.05, 3.63) is 83.9 Å². The van der Waals surface area contributed by atoms with Crippen LogP contribution in [0.1, 0.15) is 11.1 Å². The van der Waals surface area contributed by atoms with Crippen LogP contribution >= 0.6 is 0 Å². The van der Waals surface area contributed by atoms with Crippen molar-refractivity contribution < 1.29 is 19.1 Å². The van der Waals surface area contributed by atoms with Gasteiger partial charge in [-0.15, -0.1) is 0 Å². The third-order valence-electron chi connectivity index (χ3n) is 4.02. The first-order valence-corrected chi connectivity index (χ1v) is 8.33. The van der Waals surface area contributed by atoms with Gasteiger partial charge in [0.1, 0.15) is 11.3 Å². The Bertz CT molecular complexity index is 1090. The molecule has 0 aliphatic rings. The molecule has 0 unspecified atom stereocenters. The third kappa shape index (κ3) is 3.72. The minimum atomic E-state index is -1.33. The Morgan fingerprint density at radius 1 is 0.926 bits per heavy atom. The average Bonchev–Trinajstić information content (AvgIpc) is 3.11. The molecular formula is C22H15NO4. The largest absolute Gasteiger partial charge is 0.511 e. The summed E-state index contributed by atoms with van der Waals surface area (Å²) in [4.78, 5) is 15.3. The number of hydrogen-bond acceptors (Lipinski definition) is 4. The number of carboxylic acid groups (broad SMARTS) is 1. The van der Waals surface area contributed by atoms with Crippen molar-refractivity contribution in [1.82, 2.24) is 4.98 Å². The van der Waals surface area contributed by atoms with Gasteiger partial charge in [0.15, 0.2) is 5.58 Å². The molecule has 0 atom stereocenters. The van der Waals surface area contributed by atoms with Crippen LogP contribution in [0.2, 0.25) is 0 Å². The Morgan fingerprint density at radius 2 is 1.67 bits per heavy atom. The molecule has 0 aliphatic heterocycles. The molecule has 0 aliphatic carbocycles. The second-order valence-electron chi connectivity index (χ2n) is 5.85. The van der Waals surface area contributed by atoms with Crippen molar-refractivity contribution in [2.45, 2.75) is 0 Å². The summed E-state index contributed by atoms with van der Waals surface area (Å²) in [5.41, 5.74) is 4.11. The summed E-state index contributed by atoms with van der Waals surface area (Å²) in [6, 6.07) is 22.4. The lowest BCUT2D eigenvalue weighted by atomic mass is 10.1. The van der Waals surface area contributed by atoms with Gasteiger partial charge in [0.2, 0.25) is 5.89 Å². The van der Waals surface area contributed by atoms with E-state index in [1.807, 2.05) is 66.7 Å². The lowest BCUT2D eigenvalue weighted by molar-refractivity contribution is 0.144. The van der Waals surface area contributed by atoms with E-state index in [4.69, 9.17) is 14.3 Å². The van der Waals surface area contributed by atoms with Gasteiger partial charge in [0, 0.05) is 11.1 Å². The van der Waals surface area contributed by atoms with Crippen molar-refractivity contribution >= 4 is 29.4 Å². The van der Waals surface area contributed by atoms with Crippen molar-refractivity contribution in [2.75, 3.05) is 0 Å². The molecule has 0 fully saturated rings. The van der Waals surface area contributed by atoms with Crippen LogP contribution < -0.4 is 4.74 Å². The number of fused-ring (bicyclic) bond motifs is 1. The summed E-state index contributed by atoms with van der Waals surface area (Å²) in [6.07, 6.45) is 2.37. The normalized spacial score (nSPS) is 11.1. The number of aromatic nitrogens is 1. The molecule has 4 aromatic rings. The highest BCUT2D eigenvalue weighted by Crippen LogP contribution is 2.25.